The van der Waals surface area contributed by atoms with Gasteiger partial charge in [0, 0.05) is 4.75 Å². The molecule has 4 heteroatoms. The van der Waals surface area contributed by atoms with Gasteiger partial charge in [-0.15, -0.1) is 11.8 Å². The largest absolute Gasteiger partial charge is 0.394 e. The molecule has 2 unspecified atom stereocenters. The van der Waals surface area contributed by atoms with E-state index in [0.29, 0.717) is 11.7 Å². The Labute approximate surface area is 115 Å². The Balaban J connectivity index is 2.49. The third kappa shape index (κ3) is 5.19. The summed E-state index contributed by atoms with van der Waals surface area (Å²) >= 11 is 1.65. The van der Waals surface area contributed by atoms with Gasteiger partial charge in [-0.2, -0.15) is 0 Å². The Bertz CT molecular complexity index is 288. The molecule has 1 aliphatic rings. The van der Waals surface area contributed by atoms with Crippen molar-refractivity contribution < 1.29 is 9.90 Å². The van der Waals surface area contributed by atoms with Crippen molar-refractivity contribution >= 4 is 17.7 Å². The molecule has 3 nitrogen and oxygen atoms in total. The fourth-order valence-corrected chi connectivity index (χ4v) is 3.21. The zero-order chi connectivity index (χ0) is 13.8. The number of aliphatic hydroxyl groups is 1. The van der Waals surface area contributed by atoms with E-state index in [1.165, 1.54) is 6.42 Å². The van der Waals surface area contributed by atoms with Crippen LogP contribution in [-0.4, -0.2) is 33.7 Å². The molecule has 1 fully saturated rings. The lowest BCUT2D eigenvalue weighted by atomic mass is 9.77. The van der Waals surface area contributed by atoms with Crippen molar-refractivity contribution in [2.75, 3.05) is 12.4 Å². The molecule has 0 aliphatic heterocycles. The molecule has 1 aliphatic carbocycles. The normalized spacial score (nSPS) is 29.1. The van der Waals surface area contributed by atoms with Crippen LogP contribution in [0.5, 0.6) is 0 Å². The van der Waals surface area contributed by atoms with Gasteiger partial charge in [0.25, 0.3) is 0 Å². The maximum Gasteiger partial charge on any atom is 0.230 e. The Hall–Kier alpha value is -0.220. The summed E-state index contributed by atoms with van der Waals surface area (Å²) in [4.78, 5) is 12.0. The second kappa shape index (κ2) is 6.29. The molecule has 0 heterocycles. The van der Waals surface area contributed by atoms with Gasteiger partial charge in [-0.1, -0.05) is 40.5 Å². The highest BCUT2D eigenvalue weighted by molar-refractivity contribution is 8.01. The van der Waals surface area contributed by atoms with Gasteiger partial charge >= 0.3 is 0 Å². The van der Waals surface area contributed by atoms with Gasteiger partial charge in [-0.3, -0.25) is 4.79 Å². The van der Waals surface area contributed by atoms with E-state index >= 15 is 0 Å². The molecule has 0 aromatic carbocycles. The van der Waals surface area contributed by atoms with Crippen molar-refractivity contribution in [1.29, 1.82) is 0 Å². The highest BCUT2D eigenvalue weighted by atomic mass is 32.2. The number of carbonyl (C=O) groups is 1. The van der Waals surface area contributed by atoms with Crippen molar-refractivity contribution in [3.8, 4) is 0 Å². The molecule has 1 saturated carbocycles. The number of thioether (sulfide) groups is 1. The minimum atomic E-state index is -0.368. The number of hydrogen-bond donors (Lipinski definition) is 2. The molecule has 106 valence electrons. The lowest BCUT2D eigenvalue weighted by Crippen LogP contribution is -2.54. The second-order valence-corrected chi connectivity index (χ2v) is 8.39. The van der Waals surface area contributed by atoms with E-state index in [9.17, 15) is 9.90 Å². The molecule has 2 atom stereocenters. The highest BCUT2D eigenvalue weighted by Gasteiger charge is 2.35. The first-order chi connectivity index (χ1) is 8.26. The number of rotatable bonds is 4. The summed E-state index contributed by atoms with van der Waals surface area (Å²) in [5.74, 6) is 1.11. The highest BCUT2D eigenvalue weighted by Crippen LogP contribution is 2.32. The molecule has 2 N–H and O–H groups in total. The smallest absolute Gasteiger partial charge is 0.230 e. The van der Waals surface area contributed by atoms with Crippen LogP contribution in [0.4, 0.5) is 0 Å². The molecule has 0 bridgehead atoms. The Kier molecular flexibility index (Phi) is 5.53. The summed E-state index contributed by atoms with van der Waals surface area (Å²) in [7, 11) is 0. The summed E-state index contributed by atoms with van der Waals surface area (Å²) in [6.45, 7) is 8.57. The molecule has 0 aromatic heterocycles. The summed E-state index contributed by atoms with van der Waals surface area (Å²) < 4.78 is 0.101. The third-order valence-corrected chi connectivity index (χ3v) is 4.71. The average Bonchev–Trinajstić information content (AvgIpc) is 2.25. The van der Waals surface area contributed by atoms with E-state index in [-0.39, 0.29) is 22.8 Å². The first kappa shape index (κ1) is 15.8. The van der Waals surface area contributed by atoms with Crippen LogP contribution < -0.4 is 5.32 Å². The zero-order valence-electron chi connectivity index (χ0n) is 12.1. The van der Waals surface area contributed by atoms with E-state index < -0.39 is 0 Å². The third-order valence-electron chi connectivity index (χ3n) is 3.43. The fourth-order valence-electron chi connectivity index (χ4n) is 2.57. The molecular formula is C14H27NO2S. The molecule has 1 rings (SSSR count). The van der Waals surface area contributed by atoms with E-state index in [2.05, 4.69) is 33.0 Å². The van der Waals surface area contributed by atoms with Gasteiger partial charge in [-0.05, 0) is 18.8 Å². The van der Waals surface area contributed by atoms with Crippen LogP contribution in [0.25, 0.3) is 0 Å². The van der Waals surface area contributed by atoms with Gasteiger partial charge in [0.15, 0.2) is 0 Å². The lowest BCUT2D eigenvalue weighted by molar-refractivity contribution is -0.121. The van der Waals surface area contributed by atoms with Gasteiger partial charge in [0.2, 0.25) is 5.91 Å². The minimum absolute atomic E-state index is 0.0538. The predicted octanol–water partition coefficient (Wildman–Crippen LogP) is 2.58. The summed E-state index contributed by atoms with van der Waals surface area (Å²) in [5, 5.41) is 12.7. The van der Waals surface area contributed by atoms with Crippen LogP contribution in [0.15, 0.2) is 0 Å². The predicted molar refractivity (Wildman–Crippen MR) is 77.8 cm³/mol. The average molecular weight is 273 g/mol. The van der Waals surface area contributed by atoms with Crippen LogP contribution in [0.1, 0.15) is 53.4 Å². The standard InChI is InChI=1S/C14H27NO2S/c1-11-6-5-7-14(8-11,10-16)15-12(17)9-18-13(2,3)4/h11,16H,5-10H2,1-4H3,(H,15,17). The molecule has 0 saturated heterocycles. The van der Waals surface area contributed by atoms with Crippen LogP contribution in [-0.2, 0) is 4.79 Å². The van der Waals surface area contributed by atoms with Gasteiger partial charge in [-0.25, -0.2) is 0 Å². The quantitative estimate of drug-likeness (QED) is 0.827. The zero-order valence-corrected chi connectivity index (χ0v) is 12.9. The van der Waals surface area contributed by atoms with E-state index in [4.69, 9.17) is 0 Å². The second-order valence-electron chi connectivity index (χ2n) is 6.59. The maximum atomic E-state index is 12.0. The van der Waals surface area contributed by atoms with E-state index in [1.54, 1.807) is 11.8 Å². The first-order valence-corrected chi connectivity index (χ1v) is 7.81. The van der Waals surface area contributed by atoms with Crippen molar-refractivity contribution in [2.45, 2.75) is 63.7 Å². The van der Waals surface area contributed by atoms with Crippen LogP contribution in [0.2, 0.25) is 0 Å². The van der Waals surface area contributed by atoms with E-state index in [0.717, 1.165) is 19.3 Å². The summed E-state index contributed by atoms with van der Waals surface area (Å²) in [5.41, 5.74) is -0.368. The Morgan fingerprint density at radius 3 is 2.67 bits per heavy atom. The summed E-state index contributed by atoms with van der Waals surface area (Å²) in [6, 6.07) is 0. The number of hydrogen-bond acceptors (Lipinski definition) is 3. The molecule has 18 heavy (non-hydrogen) atoms. The topological polar surface area (TPSA) is 49.3 Å². The number of carbonyl (C=O) groups excluding carboxylic acids is 1. The Morgan fingerprint density at radius 1 is 1.50 bits per heavy atom. The molecule has 0 spiro atoms. The van der Waals surface area contributed by atoms with Gasteiger partial charge in [0.1, 0.15) is 0 Å². The summed E-state index contributed by atoms with van der Waals surface area (Å²) in [6.07, 6.45) is 4.10. The molecule has 0 aromatic rings. The molecular weight excluding hydrogens is 246 g/mol. The van der Waals surface area contributed by atoms with Crippen LogP contribution in [0, 0.1) is 5.92 Å². The number of nitrogens with one attached hydrogen (secondary N) is 1. The molecule has 1 amide bonds. The van der Waals surface area contributed by atoms with Crippen LogP contribution in [0.3, 0.4) is 0 Å². The van der Waals surface area contributed by atoms with Crippen molar-refractivity contribution in [1.82, 2.24) is 5.32 Å². The molecule has 0 radical (unpaired) electrons. The first-order valence-electron chi connectivity index (χ1n) is 6.82. The maximum absolute atomic E-state index is 12.0. The van der Waals surface area contributed by atoms with Gasteiger partial charge in [0.05, 0.1) is 17.9 Å². The number of amides is 1. The fraction of sp³-hybridized carbons (Fsp3) is 0.929. The Morgan fingerprint density at radius 2 is 2.17 bits per heavy atom. The van der Waals surface area contributed by atoms with Crippen molar-refractivity contribution in [3.63, 3.8) is 0 Å². The number of aliphatic hydroxyl groups excluding tert-OH is 1. The lowest BCUT2D eigenvalue weighted by Gasteiger charge is -2.39. The van der Waals surface area contributed by atoms with Crippen molar-refractivity contribution in [2.24, 2.45) is 5.92 Å². The minimum Gasteiger partial charge on any atom is -0.394 e. The monoisotopic (exact) mass is 273 g/mol. The van der Waals surface area contributed by atoms with E-state index in [1.807, 2.05) is 0 Å². The SMILES string of the molecule is CC1CCCC(CO)(NC(=O)CSC(C)(C)C)C1. The van der Waals surface area contributed by atoms with Crippen molar-refractivity contribution in [3.05, 3.63) is 0 Å². The van der Waals surface area contributed by atoms with Gasteiger partial charge < -0.3 is 10.4 Å². The van der Waals surface area contributed by atoms with Crippen LogP contribution >= 0.6 is 11.8 Å².